The summed E-state index contributed by atoms with van der Waals surface area (Å²) >= 11 is 0. The Bertz CT molecular complexity index is 671. The van der Waals surface area contributed by atoms with Gasteiger partial charge in [0.2, 0.25) is 0 Å². The molecule has 1 N–H and O–H groups in total. The van der Waals surface area contributed by atoms with Crippen molar-refractivity contribution in [1.29, 1.82) is 0 Å². The van der Waals surface area contributed by atoms with Crippen molar-refractivity contribution in [1.82, 2.24) is 19.9 Å². The second-order valence-corrected chi connectivity index (χ2v) is 4.10. The van der Waals surface area contributed by atoms with E-state index in [1.54, 1.807) is 37.1 Å². The highest BCUT2D eigenvalue weighted by atomic mass is 15.3. The molecule has 2 heterocycles. The van der Waals surface area contributed by atoms with Gasteiger partial charge in [0, 0.05) is 30.4 Å². The number of benzene rings is 1. The topological polar surface area (TPSA) is 76.0 Å². The molecular weight excluding hydrogens is 264 g/mol. The molecule has 0 aliphatic rings. The molecule has 0 bridgehead atoms. The van der Waals surface area contributed by atoms with E-state index in [2.05, 4.69) is 30.5 Å². The van der Waals surface area contributed by atoms with Crippen LogP contribution in [0, 0.1) is 0 Å². The lowest BCUT2D eigenvalue weighted by Crippen LogP contribution is -2.10. The number of aromatic nitrogens is 4. The van der Waals surface area contributed by atoms with Gasteiger partial charge in [0.05, 0.1) is 6.20 Å². The normalized spacial score (nSPS) is 11.1. The van der Waals surface area contributed by atoms with E-state index in [1.807, 2.05) is 30.3 Å². The van der Waals surface area contributed by atoms with Crippen molar-refractivity contribution in [3.63, 3.8) is 0 Å². The molecule has 2 aromatic heterocycles. The van der Waals surface area contributed by atoms with Crippen molar-refractivity contribution >= 4 is 11.5 Å². The van der Waals surface area contributed by atoms with Gasteiger partial charge in [0.1, 0.15) is 5.71 Å². The third-order valence-electron chi connectivity index (χ3n) is 2.67. The number of nitrogens with zero attached hydrogens (tertiary/aromatic N) is 5. The van der Waals surface area contributed by atoms with Gasteiger partial charge in [-0.05, 0) is 6.07 Å². The second kappa shape index (κ2) is 6.33. The van der Waals surface area contributed by atoms with Crippen molar-refractivity contribution < 1.29 is 0 Å². The number of hydrazone groups is 1. The first-order valence-corrected chi connectivity index (χ1v) is 6.36. The molecular formula is C15H12N6. The fourth-order valence-electron chi connectivity index (χ4n) is 1.73. The van der Waals surface area contributed by atoms with Crippen LogP contribution in [-0.2, 0) is 0 Å². The van der Waals surface area contributed by atoms with E-state index < -0.39 is 0 Å². The molecule has 0 fully saturated rings. The molecule has 6 heteroatoms. The molecule has 3 aromatic rings. The number of rotatable bonds is 4. The monoisotopic (exact) mass is 276 g/mol. The summed E-state index contributed by atoms with van der Waals surface area (Å²) in [7, 11) is 0. The highest BCUT2D eigenvalue weighted by Crippen LogP contribution is 2.08. The van der Waals surface area contributed by atoms with Gasteiger partial charge in [0.25, 0.3) is 0 Å². The van der Waals surface area contributed by atoms with E-state index in [-0.39, 0.29) is 0 Å². The minimum atomic E-state index is 0.542. The van der Waals surface area contributed by atoms with E-state index in [4.69, 9.17) is 0 Å². The van der Waals surface area contributed by atoms with E-state index >= 15 is 0 Å². The van der Waals surface area contributed by atoms with Crippen LogP contribution in [0.3, 0.4) is 0 Å². The molecule has 0 unspecified atom stereocenters. The zero-order chi connectivity index (χ0) is 14.3. The lowest BCUT2D eigenvalue weighted by Gasteiger charge is -2.06. The van der Waals surface area contributed by atoms with E-state index in [9.17, 15) is 0 Å². The zero-order valence-electron chi connectivity index (χ0n) is 11.1. The lowest BCUT2D eigenvalue weighted by molar-refractivity contribution is 1.11. The standard InChI is InChI=1S/C15H12N6/c1-2-5-12(6-3-1)14(15-18-7-4-8-19-15)21-20-13-11-16-9-10-17-13/h1-11H,(H,17,20)/b21-14-. The molecule has 0 amide bonds. The molecule has 21 heavy (non-hydrogen) atoms. The lowest BCUT2D eigenvalue weighted by atomic mass is 10.1. The Morgan fingerprint density at radius 1 is 0.857 bits per heavy atom. The zero-order valence-corrected chi connectivity index (χ0v) is 11.1. The molecule has 0 spiro atoms. The fraction of sp³-hybridized carbons (Fsp3) is 0. The molecule has 0 saturated carbocycles. The van der Waals surface area contributed by atoms with E-state index in [0.717, 1.165) is 5.56 Å². The fourth-order valence-corrected chi connectivity index (χ4v) is 1.73. The maximum atomic E-state index is 4.37. The van der Waals surface area contributed by atoms with Gasteiger partial charge in [-0.25, -0.2) is 15.0 Å². The van der Waals surface area contributed by atoms with Gasteiger partial charge >= 0.3 is 0 Å². The summed E-state index contributed by atoms with van der Waals surface area (Å²) in [5, 5.41) is 4.37. The first-order valence-electron chi connectivity index (χ1n) is 6.36. The average molecular weight is 276 g/mol. The Hall–Kier alpha value is -3.15. The van der Waals surface area contributed by atoms with Gasteiger partial charge < -0.3 is 0 Å². The number of hydrogen-bond acceptors (Lipinski definition) is 6. The molecule has 0 saturated heterocycles. The molecule has 0 aliphatic carbocycles. The van der Waals surface area contributed by atoms with Crippen LogP contribution in [0.2, 0.25) is 0 Å². The first-order chi connectivity index (χ1) is 10.4. The molecule has 0 aliphatic heterocycles. The highest BCUT2D eigenvalue weighted by molar-refractivity contribution is 6.10. The van der Waals surface area contributed by atoms with Crippen LogP contribution < -0.4 is 5.43 Å². The quantitative estimate of drug-likeness (QED) is 0.583. The van der Waals surface area contributed by atoms with Crippen molar-refractivity contribution in [3.8, 4) is 0 Å². The maximum Gasteiger partial charge on any atom is 0.180 e. The van der Waals surface area contributed by atoms with Gasteiger partial charge in [-0.15, -0.1) is 0 Å². The Balaban J connectivity index is 1.97. The van der Waals surface area contributed by atoms with Crippen LogP contribution in [0.1, 0.15) is 11.4 Å². The molecule has 0 radical (unpaired) electrons. The minimum absolute atomic E-state index is 0.542. The van der Waals surface area contributed by atoms with Gasteiger partial charge in [-0.2, -0.15) is 5.10 Å². The van der Waals surface area contributed by atoms with E-state index in [1.165, 1.54) is 0 Å². The van der Waals surface area contributed by atoms with Gasteiger partial charge in [-0.1, -0.05) is 30.3 Å². The summed E-state index contributed by atoms with van der Waals surface area (Å²) in [4.78, 5) is 16.6. The van der Waals surface area contributed by atoms with Crippen molar-refractivity contribution in [2.45, 2.75) is 0 Å². The minimum Gasteiger partial charge on any atom is -0.259 e. The van der Waals surface area contributed by atoms with Crippen molar-refractivity contribution in [3.05, 3.63) is 78.8 Å². The van der Waals surface area contributed by atoms with E-state index in [0.29, 0.717) is 17.4 Å². The number of anilines is 1. The summed E-state index contributed by atoms with van der Waals surface area (Å²) in [6, 6.07) is 11.5. The van der Waals surface area contributed by atoms with Crippen LogP contribution >= 0.6 is 0 Å². The number of hydrogen-bond donors (Lipinski definition) is 1. The Kier molecular flexibility index (Phi) is 3.88. The first kappa shape index (κ1) is 12.9. The maximum absolute atomic E-state index is 4.37. The smallest absolute Gasteiger partial charge is 0.180 e. The largest absolute Gasteiger partial charge is 0.259 e. The van der Waals surface area contributed by atoms with Gasteiger partial charge in [0.15, 0.2) is 11.6 Å². The molecule has 1 aromatic carbocycles. The molecule has 102 valence electrons. The second-order valence-electron chi connectivity index (χ2n) is 4.10. The molecule has 6 nitrogen and oxygen atoms in total. The van der Waals surface area contributed by atoms with Crippen LogP contribution in [0.15, 0.2) is 72.5 Å². The number of nitrogens with one attached hydrogen (secondary N) is 1. The summed E-state index contributed by atoms with van der Waals surface area (Å²) in [5.41, 5.74) is 4.43. The van der Waals surface area contributed by atoms with Crippen LogP contribution in [-0.4, -0.2) is 25.6 Å². The van der Waals surface area contributed by atoms with Crippen LogP contribution in [0.4, 0.5) is 5.82 Å². The van der Waals surface area contributed by atoms with Crippen molar-refractivity contribution in [2.75, 3.05) is 5.43 Å². The van der Waals surface area contributed by atoms with Crippen molar-refractivity contribution in [2.24, 2.45) is 5.10 Å². The summed E-state index contributed by atoms with van der Waals surface area (Å²) < 4.78 is 0. The highest BCUT2D eigenvalue weighted by Gasteiger charge is 2.09. The predicted molar refractivity (Wildman–Crippen MR) is 79.8 cm³/mol. The summed E-state index contributed by atoms with van der Waals surface area (Å²) in [6.07, 6.45) is 8.16. The van der Waals surface area contributed by atoms with Gasteiger partial charge in [-0.3, -0.25) is 10.4 Å². The molecule has 0 atom stereocenters. The SMILES string of the molecule is c1ccc(/C(=N/Nc2cnccn2)c2ncccn2)cc1. The summed E-state index contributed by atoms with van der Waals surface area (Å²) in [5.74, 6) is 1.10. The van der Waals surface area contributed by atoms with Crippen LogP contribution in [0.25, 0.3) is 0 Å². The third kappa shape index (κ3) is 3.24. The van der Waals surface area contributed by atoms with Crippen LogP contribution in [0.5, 0.6) is 0 Å². The Morgan fingerprint density at radius 2 is 1.67 bits per heavy atom. The average Bonchev–Trinajstić information content (AvgIpc) is 2.58. The summed E-state index contributed by atoms with van der Waals surface area (Å²) in [6.45, 7) is 0. The molecule has 3 rings (SSSR count). The third-order valence-corrected chi connectivity index (χ3v) is 2.67. The predicted octanol–water partition coefficient (Wildman–Crippen LogP) is 2.13. The Labute approximate surface area is 121 Å². The Morgan fingerprint density at radius 3 is 2.38 bits per heavy atom.